The van der Waals surface area contributed by atoms with Gasteiger partial charge in [0.05, 0.1) is 17.9 Å². The van der Waals surface area contributed by atoms with Crippen LogP contribution >= 0.6 is 0 Å². The average Bonchev–Trinajstić information content (AvgIpc) is 3.27. The highest BCUT2D eigenvalue weighted by Crippen LogP contribution is 2.19. The molecule has 0 aliphatic rings. The molecule has 1 amide bonds. The molecule has 0 saturated carbocycles. The van der Waals surface area contributed by atoms with Crippen LogP contribution in [0.15, 0.2) is 42.7 Å². The summed E-state index contributed by atoms with van der Waals surface area (Å²) in [6.07, 6.45) is 1.34. The first-order chi connectivity index (χ1) is 13.9. The fourth-order valence-electron chi connectivity index (χ4n) is 3.21. The van der Waals surface area contributed by atoms with Crippen LogP contribution in [0, 0.1) is 19.7 Å². The predicted octanol–water partition coefficient (Wildman–Crippen LogP) is 2.56. The maximum absolute atomic E-state index is 13.2. The van der Waals surface area contributed by atoms with Gasteiger partial charge in [-0.2, -0.15) is 19.7 Å². The van der Waals surface area contributed by atoms with E-state index in [-0.39, 0.29) is 17.8 Å². The van der Waals surface area contributed by atoms with Gasteiger partial charge in [-0.25, -0.2) is 9.37 Å². The highest BCUT2D eigenvalue weighted by Gasteiger charge is 2.18. The van der Waals surface area contributed by atoms with Crippen LogP contribution in [0.3, 0.4) is 0 Å². The van der Waals surface area contributed by atoms with E-state index in [1.807, 2.05) is 31.5 Å². The molecule has 29 heavy (non-hydrogen) atoms. The molecule has 1 N–H and O–H groups in total. The van der Waals surface area contributed by atoms with Gasteiger partial charge in [0, 0.05) is 17.3 Å². The third-order valence-electron chi connectivity index (χ3n) is 4.55. The molecule has 0 unspecified atom stereocenters. The number of hydrogen-bond donors (Lipinski definition) is 1. The SMILES string of the molecule is Cc1cc(C)n(C[C@H](C)NC(=O)c2cc(-c3ccc(F)cc3)nc3ncnn23)n1. The van der Waals surface area contributed by atoms with E-state index in [1.165, 1.54) is 23.0 Å². The third kappa shape index (κ3) is 3.84. The van der Waals surface area contributed by atoms with Crippen molar-refractivity contribution in [2.45, 2.75) is 33.4 Å². The van der Waals surface area contributed by atoms with E-state index in [9.17, 15) is 9.18 Å². The molecule has 8 nitrogen and oxygen atoms in total. The number of amides is 1. The molecule has 4 rings (SSSR count). The number of aryl methyl sites for hydroxylation is 2. The van der Waals surface area contributed by atoms with Crippen molar-refractivity contribution in [3.8, 4) is 11.3 Å². The number of halogens is 1. The second kappa shape index (κ2) is 7.42. The number of benzene rings is 1. The van der Waals surface area contributed by atoms with Crippen LogP contribution in [0.5, 0.6) is 0 Å². The summed E-state index contributed by atoms with van der Waals surface area (Å²) in [5, 5.41) is 11.5. The highest BCUT2D eigenvalue weighted by molar-refractivity contribution is 5.94. The first-order valence-electron chi connectivity index (χ1n) is 9.19. The van der Waals surface area contributed by atoms with Gasteiger partial charge in [-0.1, -0.05) is 0 Å². The second-order valence-corrected chi connectivity index (χ2v) is 6.99. The first kappa shape index (κ1) is 18.7. The lowest BCUT2D eigenvalue weighted by molar-refractivity contribution is 0.0928. The molecule has 3 heterocycles. The lowest BCUT2D eigenvalue weighted by Gasteiger charge is -2.16. The molecule has 9 heteroatoms. The molecule has 0 aliphatic heterocycles. The zero-order valence-electron chi connectivity index (χ0n) is 16.3. The molecule has 0 radical (unpaired) electrons. The molecule has 148 valence electrons. The zero-order valence-corrected chi connectivity index (χ0v) is 16.3. The second-order valence-electron chi connectivity index (χ2n) is 6.99. The number of fused-ring (bicyclic) bond motifs is 1. The lowest BCUT2D eigenvalue weighted by Crippen LogP contribution is -2.37. The van der Waals surface area contributed by atoms with Crippen molar-refractivity contribution >= 4 is 11.7 Å². The van der Waals surface area contributed by atoms with Crippen molar-refractivity contribution in [3.05, 3.63) is 65.6 Å². The summed E-state index contributed by atoms with van der Waals surface area (Å²) in [7, 11) is 0. The zero-order chi connectivity index (χ0) is 20.5. The normalized spacial score (nSPS) is 12.3. The Balaban J connectivity index is 1.62. The molecular weight excluding hydrogens is 373 g/mol. The van der Waals surface area contributed by atoms with Crippen molar-refractivity contribution < 1.29 is 9.18 Å². The van der Waals surface area contributed by atoms with Crippen LogP contribution in [-0.2, 0) is 6.54 Å². The summed E-state index contributed by atoms with van der Waals surface area (Å²) in [6, 6.07) is 9.37. The number of carbonyl (C=O) groups is 1. The molecule has 0 bridgehead atoms. The van der Waals surface area contributed by atoms with Crippen LogP contribution in [0.4, 0.5) is 4.39 Å². The van der Waals surface area contributed by atoms with Gasteiger partial charge in [0.15, 0.2) is 0 Å². The third-order valence-corrected chi connectivity index (χ3v) is 4.55. The van der Waals surface area contributed by atoms with Crippen molar-refractivity contribution in [1.29, 1.82) is 0 Å². The molecule has 0 aliphatic carbocycles. The van der Waals surface area contributed by atoms with Gasteiger partial charge < -0.3 is 5.32 Å². The van der Waals surface area contributed by atoms with Gasteiger partial charge >= 0.3 is 0 Å². The van der Waals surface area contributed by atoms with Crippen molar-refractivity contribution in [2.24, 2.45) is 0 Å². The molecule has 1 atom stereocenters. The fourth-order valence-corrected chi connectivity index (χ4v) is 3.21. The Hall–Kier alpha value is -3.62. The van der Waals surface area contributed by atoms with Gasteiger partial charge in [-0.05, 0) is 57.2 Å². The molecule has 4 aromatic rings. The minimum atomic E-state index is -0.340. The van der Waals surface area contributed by atoms with Gasteiger partial charge in [-0.3, -0.25) is 9.48 Å². The summed E-state index contributed by atoms with van der Waals surface area (Å²) in [6.45, 7) is 6.37. The Morgan fingerprint density at radius 3 is 2.66 bits per heavy atom. The molecule has 0 saturated heterocycles. The molecule has 0 fully saturated rings. The fraction of sp³-hybridized carbons (Fsp3) is 0.250. The van der Waals surface area contributed by atoms with Crippen molar-refractivity contribution in [3.63, 3.8) is 0 Å². The molecule has 1 aromatic carbocycles. The van der Waals surface area contributed by atoms with Crippen LogP contribution in [0.25, 0.3) is 17.0 Å². The lowest BCUT2D eigenvalue weighted by atomic mass is 10.1. The van der Waals surface area contributed by atoms with Crippen LogP contribution in [0.1, 0.15) is 28.8 Å². The minimum absolute atomic E-state index is 0.165. The Morgan fingerprint density at radius 1 is 1.21 bits per heavy atom. The number of nitrogens with zero attached hydrogens (tertiary/aromatic N) is 6. The summed E-state index contributed by atoms with van der Waals surface area (Å²) in [5.74, 6) is -0.350. The van der Waals surface area contributed by atoms with Crippen molar-refractivity contribution in [1.82, 2.24) is 34.7 Å². The van der Waals surface area contributed by atoms with E-state index < -0.39 is 0 Å². The monoisotopic (exact) mass is 393 g/mol. The van der Waals surface area contributed by atoms with Crippen LogP contribution in [-0.4, -0.2) is 41.3 Å². The maximum Gasteiger partial charge on any atom is 0.270 e. The highest BCUT2D eigenvalue weighted by atomic mass is 19.1. The largest absolute Gasteiger partial charge is 0.346 e. The number of nitrogens with one attached hydrogen (secondary N) is 1. The first-order valence-corrected chi connectivity index (χ1v) is 9.19. The van der Waals surface area contributed by atoms with E-state index in [0.717, 1.165) is 11.4 Å². The van der Waals surface area contributed by atoms with Crippen LogP contribution in [0.2, 0.25) is 0 Å². The number of carbonyl (C=O) groups excluding carboxylic acids is 1. The predicted molar refractivity (Wildman–Crippen MR) is 105 cm³/mol. The summed E-state index contributed by atoms with van der Waals surface area (Å²) in [5.41, 5.74) is 3.46. The summed E-state index contributed by atoms with van der Waals surface area (Å²) >= 11 is 0. The quantitative estimate of drug-likeness (QED) is 0.563. The standard InChI is InChI=1S/C20H20FN7O/c1-12-8-14(3)27(26-12)10-13(2)24-19(29)18-9-17(15-4-6-16(21)7-5-15)25-20-22-11-23-28(18)20/h4-9,11,13H,10H2,1-3H3,(H,24,29)/t13-/m0/s1. The Kier molecular flexibility index (Phi) is 4.79. The van der Waals surface area contributed by atoms with Gasteiger partial charge in [0.2, 0.25) is 0 Å². The smallest absolute Gasteiger partial charge is 0.270 e. The number of hydrogen-bond acceptors (Lipinski definition) is 5. The Morgan fingerprint density at radius 2 is 1.97 bits per heavy atom. The van der Waals surface area contributed by atoms with E-state index >= 15 is 0 Å². The molecule has 3 aromatic heterocycles. The number of aromatic nitrogens is 6. The topological polar surface area (TPSA) is 90.0 Å². The maximum atomic E-state index is 13.2. The average molecular weight is 393 g/mol. The van der Waals surface area contributed by atoms with E-state index in [4.69, 9.17) is 0 Å². The van der Waals surface area contributed by atoms with Gasteiger partial charge in [-0.15, -0.1) is 0 Å². The Bertz CT molecular complexity index is 1180. The molecule has 0 spiro atoms. The van der Waals surface area contributed by atoms with Gasteiger partial charge in [0.1, 0.15) is 17.8 Å². The summed E-state index contributed by atoms with van der Waals surface area (Å²) in [4.78, 5) is 21.5. The van der Waals surface area contributed by atoms with Gasteiger partial charge in [0.25, 0.3) is 11.7 Å². The van der Waals surface area contributed by atoms with Crippen LogP contribution < -0.4 is 5.32 Å². The minimum Gasteiger partial charge on any atom is -0.346 e. The Labute approximate surface area is 166 Å². The van der Waals surface area contributed by atoms with E-state index in [0.29, 0.717) is 29.3 Å². The number of rotatable bonds is 5. The van der Waals surface area contributed by atoms with E-state index in [1.54, 1.807) is 18.2 Å². The van der Waals surface area contributed by atoms with Crippen molar-refractivity contribution in [2.75, 3.05) is 0 Å². The van der Waals surface area contributed by atoms with E-state index in [2.05, 4.69) is 25.5 Å². The molecular formula is C20H20FN7O. The summed E-state index contributed by atoms with van der Waals surface area (Å²) < 4.78 is 16.5.